The molecule has 16 heteroatoms. The van der Waals surface area contributed by atoms with E-state index in [1.807, 2.05) is 48.5 Å². The molecule has 0 aromatic carbocycles. The second kappa shape index (κ2) is 22.6. The van der Waals surface area contributed by atoms with Gasteiger partial charge >= 0.3 is 0 Å². The molecule has 0 saturated heterocycles. The maximum absolute atomic E-state index is 13.8. The number of amides is 6. The standard InChI is InChI=1S/C36H63N9O7/c1-11-22(8)30(45-31(47)23(9)37)36(52)44-28(14-21(6)7)35(51)43-29(15-25-16-38-18-39-25)33(49)40-24(10)32(48)42-27(13-20(4)5)34(50)41-26(17-46)12-19(2)3/h16-24,26-30H,11-15,37H2,1-10H3,(H,38,39)(H,40,49)(H,41,50)(H,42,48)(H,43,51)(H,44,52)(H,45,47)/t22-,23-,24-,26-,27-,28-,29-,30-/m0/s1. The van der Waals surface area contributed by atoms with Crippen LogP contribution >= 0.6 is 0 Å². The zero-order valence-electron chi connectivity index (χ0n) is 32.5. The third kappa shape index (κ3) is 16.3. The first-order chi connectivity index (χ1) is 24.3. The molecule has 0 saturated carbocycles. The monoisotopic (exact) mass is 733 g/mol. The van der Waals surface area contributed by atoms with Crippen molar-refractivity contribution in [1.29, 1.82) is 0 Å². The number of carbonyl (C=O) groups excluding carboxylic acids is 7. The van der Waals surface area contributed by atoms with Gasteiger partial charge < -0.3 is 47.4 Å². The molecule has 0 aliphatic carbocycles. The van der Waals surface area contributed by atoms with E-state index in [0.717, 1.165) is 0 Å². The zero-order chi connectivity index (χ0) is 39.7. The molecule has 8 atom stereocenters. The predicted molar refractivity (Wildman–Crippen MR) is 197 cm³/mol. The second-order valence-electron chi connectivity index (χ2n) is 15.0. The molecule has 6 amide bonds. The van der Waals surface area contributed by atoms with Crippen molar-refractivity contribution in [3.8, 4) is 0 Å². The Kier molecular flexibility index (Phi) is 19.8. The van der Waals surface area contributed by atoms with Gasteiger partial charge in [-0.2, -0.15) is 0 Å². The van der Waals surface area contributed by atoms with E-state index in [1.54, 1.807) is 6.92 Å². The highest BCUT2D eigenvalue weighted by atomic mass is 16.2. The molecule has 0 bridgehead atoms. The molecule has 16 nitrogen and oxygen atoms in total. The van der Waals surface area contributed by atoms with Crippen LogP contribution in [-0.2, 0) is 40.0 Å². The lowest BCUT2D eigenvalue weighted by Crippen LogP contribution is -2.60. The number of imidazole rings is 1. The van der Waals surface area contributed by atoms with Crippen LogP contribution in [0.2, 0.25) is 0 Å². The van der Waals surface area contributed by atoms with Gasteiger partial charge in [0.25, 0.3) is 0 Å². The Balaban J connectivity index is 3.21. The number of hydrogen-bond acceptors (Lipinski definition) is 9. The van der Waals surface area contributed by atoms with Crippen LogP contribution in [0, 0.1) is 23.7 Å². The summed E-state index contributed by atoms with van der Waals surface area (Å²) in [6, 6.07) is -6.84. The van der Waals surface area contributed by atoms with Crippen molar-refractivity contribution in [2.24, 2.45) is 29.4 Å². The molecular weight excluding hydrogens is 670 g/mol. The van der Waals surface area contributed by atoms with Crippen molar-refractivity contribution in [2.45, 2.75) is 144 Å². The van der Waals surface area contributed by atoms with E-state index in [1.165, 1.54) is 26.4 Å². The van der Waals surface area contributed by atoms with Crippen molar-refractivity contribution >= 4 is 41.7 Å². The number of rotatable bonds is 23. The third-order valence-electron chi connectivity index (χ3n) is 8.47. The number of nitrogens with zero attached hydrogens (tertiary/aromatic N) is 1. The fourth-order valence-corrected chi connectivity index (χ4v) is 5.37. The fraction of sp³-hybridized carbons (Fsp3) is 0.722. The van der Waals surface area contributed by atoms with Gasteiger partial charge in [0.2, 0.25) is 35.4 Å². The Morgan fingerprint density at radius 3 is 1.63 bits per heavy atom. The Bertz CT molecular complexity index is 1320. The van der Waals surface area contributed by atoms with Gasteiger partial charge in [0.05, 0.1) is 18.4 Å². The number of nitrogens with one attached hydrogen (secondary N) is 7. The number of aromatic nitrogens is 2. The summed E-state index contributed by atoms with van der Waals surface area (Å²) in [6.07, 6.45) is 5.10. The van der Waals surface area contributed by atoms with Crippen LogP contribution in [0.5, 0.6) is 0 Å². The first-order valence-electron chi connectivity index (χ1n) is 18.3. The summed E-state index contributed by atoms with van der Waals surface area (Å²) >= 11 is 0. The van der Waals surface area contributed by atoms with Crippen LogP contribution in [0.15, 0.2) is 12.5 Å². The van der Waals surface area contributed by atoms with E-state index in [2.05, 4.69) is 41.9 Å². The average Bonchev–Trinajstić information content (AvgIpc) is 3.57. The van der Waals surface area contributed by atoms with Gasteiger partial charge in [0.15, 0.2) is 0 Å². The van der Waals surface area contributed by atoms with E-state index in [-0.39, 0.29) is 36.5 Å². The van der Waals surface area contributed by atoms with Crippen LogP contribution in [0.4, 0.5) is 0 Å². The summed E-state index contributed by atoms with van der Waals surface area (Å²) in [6.45, 7) is 18.0. The average molecular weight is 734 g/mol. The van der Waals surface area contributed by atoms with Crippen LogP contribution in [0.25, 0.3) is 0 Å². The summed E-state index contributed by atoms with van der Waals surface area (Å²) in [5.74, 6) is -3.67. The summed E-state index contributed by atoms with van der Waals surface area (Å²) < 4.78 is 0. The maximum Gasteiger partial charge on any atom is 0.243 e. The minimum Gasteiger partial charge on any atom is -0.348 e. The van der Waals surface area contributed by atoms with Crippen molar-refractivity contribution in [3.05, 3.63) is 18.2 Å². The molecule has 9 N–H and O–H groups in total. The highest BCUT2D eigenvalue weighted by Gasteiger charge is 2.34. The van der Waals surface area contributed by atoms with E-state index in [0.29, 0.717) is 31.2 Å². The van der Waals surface area contributed by atoms with Gasteiger partial charge in [0, 0.05) is 18.3 Å². The molecule has 0 radical (unpaired) electrons. The van der Waals surface area contributed by atoms with Crippen molar-refractivity contribution in [2.75, 3.05) is 0 Å². The summed E-state index contributed by atoms with van der Waals surface area (Å²) in [5, 5.41) is 16.2. The first kappa shape index (κ1) is 45.7. The van der Waals surface area contributed by atoms with Crippen LogP contribution in [0.3, 0.4) is 0 Å². The Morgan fingerprint density at radius 2 is 1.17 bits per heavy atom. The Morgan fingerprint density at radius 1 is 0.673 bits per heavy atom. The molecule has 0 aliphatic heterocycles. The molecule has 52 heavy (non-hydrogen) atoms. The van der Waals surface area contributed by atoms with E-state index >= 15 is 0 Å². The molecule has 0 unspecified atom stereocenters. The minimum absolute atomic E-state index is 0.0183. The molecule has 294 valence electrons. The van der Waals surface area contributed by atoms with E-state index in [9.17, 15) is 33.6 Å². The Labute approximate surface area is 308 Å². The van der Waals surface area contributed by atoms with Gasteiger partial charge in [-0.15, -0.1) is 0 Å². The lowest BCUT2D eigenvalue weighted by atomic mass is 9.96. The molecule has 0 fully saturated rings. The lowest BCUT2D eigenvalue weighted by molar-refractivity contribution is -0.135. The van der Waals surface area contributed by atoms with E-state index < -0.39 is 77.7 Å². The normalized spacial score (nSPS) is 16.0. The molecule has 0 spiro atoms. The Hall–Kier alpha value is -4.34. The van der Waals surface area contributed by atoms with Gasteiger partial charge in [-0.3, -0.25) is 28.8 Å². The maximum atomic E-state index is 13.8. The zero-order valence-corrected chi connectivity index (χ0v) is 32.5. The number of carbonyl (C=O) groups is 7. The number of aldehydes is 1. The highest BCUT2D eigenvalue weighted by Crippen LogP contribution is 2.12. The minimum atomic E-state index is -1.20. The number of hydrogen-bond donors (Lipinski definition) is 8. The summed E-state index contributed by atoms with van der Waals surface area (Å²) in [7, 11) is 0. The summed E-state index contributed by atoms with van der Waals surface area (Å²) in [4.78, 5) is 98.3. The number of aromatic amines is 1. The quantitative estimate of drug-likeness (QED) is 0.0734. The van der Waals surface area contributed by atoms with Crippen molar-refractivity contribution in [3.63, 3.8) is 0 Å². The second-order valence-corrected chi connectivity index (χ2v) is 15.0. The van der Waals surface area contributed by atoms with Crippen molar-refractivity contribution in [1.82, 2.24) is 41.9 Å². The largest absolute Gasteiger partial charge is 0.348 e. The number of H-pyrrole nitrogens is 1. The highest BCUT2D eigenvalue weighted by molar-refractivity contribution is 5.96. The molecule has 1 rings (SSSR count). The molecular formula is C36H63N9O7. The SMILES string of the molecule is CC[C@H](C)[C@H](NC(=O)[C@H](C)N)C(=O)N[C@@H](CC(C)C)C(=O)N[C@@H](Cc1cnc[nH]1)C(=O)N[C@@H](C)C(=O)N[C@@H](CC(C)C)C(=O)N[C@H](C=O)CC(C)C. The van der Waals surface area contributed by atoms with Crippen LogP contribution in [0.1, 0.15) is 101 Å². The predicted octanol–water partition coefficient (Wildman–Crippen LogP) is 0.611. The molecule has 1 aromatic rings. The van der Waals surface area contributed by atoms with Crippen LogP contribution in [-0.4, -0.2) is 94.0 Å². The van der Waals surface area contributed by atoms with Gasteiger partial charge in [0.1, 0.15) is 36.5 Å². The first-order valence-corrected chi connectivity index (χ1v) is 18.3. The summed E-state index contributed by atoms with van der Waals surface area (Å²) in [5.41, 5.74) is 6.24. The molecule has 1 heterocycles. The molecule has 0 aliphatic rings. The smallest absolute Gasteiger partial charge is 0.243 e. The van der Waals surface area contributed by atoms with E-state index in [4.69, 9.17) is 5.73 Å². The van der Waals surface area contributed by atoms with Crippen molar-refractivity contribution < 1.29 is 33.6 Å². The molecule has 1 aromatic heterocycles. The number of nitrogens with two attached hydrogens (primary N) is 1. The third-order valence-corrected chi connectivity index (χ3v) is 8.47. The van der Waals surface area contributed by atoms with Gasteiger partial charge in [-0.05, 0) is 56.8 Å². The lowest BCUT2D eigenvalue weighted by Gasteiger charge is -2.29. The topological polar surface area (TPSA) is 246 Å². The van der Waals surface area contributed by atoms with Crippen LogP contribution < -0.4 is 37.6 Å². The fourth-order valence-electron chi connectivity index (χ4n) is 5.37. The van der Waals surface area contributed by atoms with Gasteiger partial charge in [-0.25, -0.2) is 4.98 Å². The van der Waals surface area contributed by atoms with Gasteiger partial charge in [-0.1, -0.05) is 61.8 Å².